The Kier molecular flexibility index (Phi) is 6.56. The first-order valence-corrected chi connectivity index (χ1v) is 7.85. The molecule has 5 nitrogen and oxygen atoms in total. The first-order valence-electron chi connectivity index (χ1n) is 7.85. The standard InChI is InChI=1S/C18H24N4O/c1-3-19-18(21-12-16-6-4-5-11-20-16)22-13-17(23)15-9-7-14(2)8-10-15/h4-11,17,23H,3,12-13H2,1-2H3,(H2,19,21,22). The number of hydrogen-bond acceptors (Lipinski definition) is 3. The van der Waals surface area contributed by atoms with Crippen LogP contribution in [0.4, 0.5) is 0 Å². The summed E-state index contributed by atoms with van der Waals surface area (Å²) in [5.41, 5.74) is 2.98. The highest BCUT2D eigenvalue weighted by Crippen LogP contribution is 2.12. The van der Waals surface area contributed by atoms with Crippen molar-refractivity contribution in [2.75, 3.05) is 13.1 Å². The topological polar surface area (TPSA) is 69.5 Å². The average molecular weight is 312 g/mol. The van der Waals surface area contributed by atoms with Gasteiger partial charge in [0, 0.05) is 19.3 Å². The van der Waals surface area contributed by atoms with Gasteiger partial charge < -0.3 is 15.7 Å². The van der Waals surface area contributed by atoms with Crippen LogP contribution in [0.5, 0.6) is 0 Å². The summed E-state index contributed by atoms with van der Waals surface area (Å²) in [5.74, 6) is 0.671. The Morgan fingerprint density at radius 2 is 1.96 bits per heavy atom. The molecule has 2 aromatic rings. The van der Waals surface area contributed by atoms with Crippen LogP contribution in [0.3, 0.4) is 0 Å². The van der Waals surface area contributed by atoms with E-state index in [2.05, 4.69) is 20.6 Å². The van der Waals surface area contributed by atoms with Crippen molar-refractivity contribution in [1.29, 1.82) is 0 Å². The average Bonchev–Trinajstić information content (AvgIpc) is 2.58. The molecule has 1 heterocycles. The third kappa shape index (κ3) is 5.71. The van der Waals surface area contributed by atoms with E-state index < -0.39 is 6.10 Å². The minimum absolute atomic E-state index is 0.400. The Morgan fingerprint density at radius 1 is 1.17 bits per heavy atom. The quantitative estimate of drug-likeness (QED) is 0.565. The van der Waals surface area contributed by atoms with E-state index in [4.69, 9.17) is 0 Å². The number of benzene rings is 1. The zero-order valence-electron chi connectivity index (χ0n) is 13.7. The molecule has 3 N–H and O–H groups in total. The summed E-state index contributed by atoms with van der Waals surface area (Å²) in [5, 5.41) is 16.6. The molecular weight excluding hydrogens is 288 g/mol. The fourth-order valence-corrected chi connectivity index (χ4v) is 2.09. The molecule has 0 aliphatic heterocycles. The van der Waals surface area contributed by atoms with E-state index in [0.717, 1.165) is 17.8 Å². The molecule has 23 heavy (non-hydrogen) atoms. The lowest BCUT2D eigenvalue weighted by atomic mass is 10.1. The van der Waals surface area contributed by atoms with Crippen molar-refractivity contribution < 1.29 is 5.11 Å². The molecule has 0 aliphatic rings. The van der Waals surface area contributed by atoms with Gasteiger partial charge in [0.05, 0.1) is 18.3 Å². The van der Waals surface area contributed by atoms with Gasteiger partial charge >= 0.3 is 0 Å². The van der Waals surface area contributed by atoms with Gasteiger partial charge in [-0.05, 0) is 31.5 Å². The molecule has 0 fully saturated rings. The number of aromatic nitrogens is 1. The Morgan fingerprint density at radius 3 is 2.61 bits per heavy atom. The maximum Gasteiger partial charge on any atom is 0.191 e. The lowest BCUT2D eigenvalue weighted by Crippen LogP contribution is -2.39. The van der Waals surface area contributed by atoms with Crippen molar-refractivity contribution in [3.8, 4) is 0 Å². The number of pyridine rings is 1. The minimum Gasteiger partial charge on any atom is -0.387 e. The summed E-state index contributed by atoms with van der Waals surface area (Å²) in [6.45, 7) is 5.69. The number of aliphatic hydroxyl groups excluding tert-OH is 1. The van der Waals surface area contributed by atoms with Crippen LogP contribution in [0.15, 0.2) is 53.7 Å². The second-order valence-corrected chi connectivity index (χ2v) is 5.32. The molecule has 0 amide bonds. The second-order valence-electron chi connectivity index (χ2n) is 5.32. The molecule has 122 valence electrons. The van der Waals surface area contributed by atoms with Gasteiger partial charge in [-0.2, -0.15) is 0 Å². The number of rotatable bonds is 6. The van der Waals surface area contributed by atoms with Gasteiger partial charge in [-0.1, -0.05) is 35.9 Å². The third-order valence-corrected chi connectivity index (χ3v) is 3.39. The van der Waals surface area contributed by atoms with Crippen molar-refractivity contribution in [1.82, 2.24) is 15.6 Å². The van der Waals surface area contributed by atoms with Crippen molar-refractivity contribution in [2.45, 2.75) is 26.5 Å². The fraction of sp³-hybridized carbons (Fsp3) is 0.333. The number of aryl methyl sites for hydroxylation is 1. The molecule has 0 saturated heterocycles. The molecule has 1 atom stereocenters. The second kappa shape index (κ2) is 8.90. The zero-order chi connectivity index (χ0) is 16.5. The van der Waals surface area contributed by atoms with Gasteiger partial charge in [-0.25, -0.2) is 4.99 Å². The molecule has 0 aliphatic carbocycles. The molecule has 0 saturated carbocycles. The molecule has 0 radical (unpaired) electrons. The van der Waals surface area contributed by atoms with Crippen molar-refractivity contribution in [2.24, 2.45) is 4.99 Å². The monoisotopic (exact) mass is 312 g/mol. The summed E-state index contributed by atoms with van der Waals surface area (Å²) >= 11 is 0. The van der Waals surface area contributed by atoms with Crippen molar-refractivity contribution in [3.63, 3.8) is 0 Å². The van der Waals surface area contributed by atoms with Crippen LogP contribution < -0.4 is 10.6 Å². The van der Waals surface area contributed by atoms with Gasteiger partial charge in [-0.15, -0.1) is 0 Å². The highest BCUT2D eigenvalue weighted by molar-refractivity contribution is 5.79. The summed E-state index contributed by atoms with van der Waals surface area (Å²) in [7, 11) is 0. The van der Waals surface area contributed by atoms with Crippen LogP contribution in [-0.2, 0) is 6.54 Å². The van der Waals surface area contributed by atoms with Crippen LogP contribution in [0, 0.1) is 6.92 Å². The van der Waals surface area contributed by atoms with Gasteiger partial charge in [0.15, 0.2) is 5.96 Å². The highest BCUT2D eigenvalue weighted by atomic mass is 16.3. The SMILES string of the molecule is CCNC(=NCc1ccccn1)NCC(O)c1ccc(C)cc1. The zero-order valence-corrected chi connectivity index (χ0v) is 13.7. The van der Waals surface area contributed by atoms with E-state index >= 15 is 0 Å². The van der Waals surface area contributed by atoms with E-state index in [-0.39, 0.29) is 0 Å². The number of hydrogen-bond donors (Lipinski definition) is 3. The Bertz CT molecular complexity index is 611. The molecule has 2 rings (SSSR count). The van der Waals surface area contributed by atoms with Crippen LogP contribution in [-0.4, -0.2) is 29.1 Å². The van der Waals surface area contributed by atoms with Crippen LogP contribution >= 0.6 is 0 Å². The molecular formula is C18H24N4O. The Hall–Kier alpha value is -2.40. The summed E-state index contributed by atoms with van der Waals surface area (Å²) in [6, 6.07) is 13.7. The van der Waals surface area contributed by atoms with E-state index in [1.54, 1.807) is 6.20 Å². The first kappa shape index (κ1) is 17.0. The van der Waals surface area contributed by atoms with Crippen LogP contribution in [0.2, 0.25) is 0 Å². The maximum absolute atomic E-state index is 10.3. The van der Waals surface area contributed by atoms with Gasteiger partial charge in [0.1, 0.15) is 0 Å². The summed E-state index contributed by atoms with van der Waals surface area (Å²) in [4.78, 5) is 8.73. The lowest BCUT2D eigenvalue weighted by molar-refractivity contribution is 0.181. The van der Waals surface area contributed by atoms with E-state index in [1.165, 1.54) is 5.56 Å². The molecule has 0 bridgehead atoms. The largest absolute Gasteiger partial charge is 0.387 e. The molecule has 1 aromatic heterocycles. The smallest absolute Gasteiger partial charge is 0.191 e. The maximum atomic E-state index is 10.3. The highest BCUT2D eigenvalue weighted by Gasteiger charge is 2.08. The molecule has 0 spiro atoms. The number of nitrogens with zero attached hydrogens (tertiary/aromatic N) is 2. The van der Waals surface area contributed by atoms with Gasteiger partial charge in [0.2, 0.25) is 0 Å². The Balaban J connectivity index is 1.92. The first-order chi connectivity index (χ1) is 11.2. The number of aliphatic imine (C=N–C) groups is 1. The van der Waals surface area contributed by atoms with Gasteiger partial charge in [0.25, 0.3) is 0 Å². The van der Waals surface area contributed by atoms with E-state index in [9.17, 15) is 5.11 Å². The predicted molar refractivity (Wildman–Crippen MR) is 93.2 cm³/mol. The minimum atomic E-state index is -0.575. The van der Waals surface area contributed by atoms with Crippen molar-refractivity contribution >= 4 is 5.96 Å². The lowest BCUT2D eigenvalue weighted by Gasteiger charge is -2.15. The number of guanidine groups is 1. The Labute approximate surface area is 137 Å². The van der Waals surface area contributed by atoms with Gasteiger partial charge in [-0.3, -0.25) is 4.98 Å². The number of nitrogens with one attached hydrogen (secondary N) is 2. The van der Waals surface area contributed by atoms with E-state index in [1.807, 2.05) is 56.3 Å². The summed E-state index contributed by atoms with van der Waals surface area (Å²) < 4.78 is 0. The normalized spacial score (nSPS) is 12.7. The summed E-state index contributed by atoms with van der Waals surface area (Å²) in [6.07, 6.45) is 1.18. The molecule has 1 aromatic carbocycles. The van der Waals surface area contributed by atoms with Crippen molar-refractivity contribution in [3.05, 3.63) is 65.5 Å². The number of aliphatic hydroxyl groups is 1. The van der Waals surface area contributed by atoms with E-state index in [0.29, 0.717) is 19.0 Å². The molecule has 1 unspecified atom stereocenters. The fourth-order valence-electron chi connectivity index (χ4n) is 2.09. The van der Waals surface area contributed by atoms with Crippen LogP contribution in [0.25, 0.3) is 0 Å². The third-order valence-electron chi connectivity index (χ3n) is 3.39. The predicted octanol–water partition coefficient (Wildman–Crippen LogP) is 2.18. The molecule has 5 heteroatoms. The van der Waals surface area contributed by atoms with Crippen LogP contribution in [0.1, 0.15) is 29.8 Å².